The van der Waals surface area contributed by atoms with Gasteiger partial charge < -0.3 is 5.11 Å². The van der Waals surface area contributed by atoms with Crippen LogP contribution in [0.5, 0.6) is 0 Å². The molecule has 0 saturated heterocycles. The van der Waals surface area contributed by atoms with Crippen molar-refractivity contribution in [1.82, 2.24) is 0 Å². The lowest BCUT2D eigenvalue weighted by atomic mass is 9.80. The van der Waals surface area contributed by atoms with Gasteiger partial charge in [0, 0.05) is 0 Å². The molecule has 1 atom stereocenters. The Balaban J connectivity index is 2.43. The molecule has 1 rings (SSSR count). The van der Waals surface area contributed by atoms with Gasteiger partial charge in [-0.1, -0.05) is 26.7 Å². The third kappa shape index (κ3) is 2.23. The minimum absolute atomic E-state index is 0.173. The Kier molecular flexibility index (Phi) is 2.76. The van der Waals surface area contributed by atoms with Gasteiger partial charge in [0.15, 0.2) is 0 Å². The average molecular weight is 170 g/mol. The van der Waals surface area contributed by atoms with E-state index in [1.807, 2.05) is 6.92 Å². The van der Waals surface area contributed by atoms with Crippen LogP contribution < -0.4 is 0 Å². The van der Waals surface area contributed by atoms with Crippen molar-refractivity contribution in [1.29, 1.82) is 0 Å². The fourth-order valence-corrected chi connectivity index (χ4v) is 2.26. The molecule has 1 aliphatic carbocycles. The van der Waals surface area contributed by atoms with E-state index in [0.717, 1.165) is 6.42 Å². The molecule has 0 aliphatic heterocycles. The summed E-state index contributed by atoms with van der Waals surface area (Å²) in [5.41, 5.74) is 0.317. The topological polar surface area (TPSA) is 37.3 Å². The first-order valence-electron chi connectivity index (χ1n) is 4.76. The number of rotatable bonds is 3. The third-order valence-corrected chi connectivity index (χ3v) is 3.03. The summed E-state index contributed by atoms with van der Waals surface area (Å²) < 4.78 is 0. The fraction of sp³-hybridized carbons (Fsp3) is 0.900. The van der Waals surface area contributed by atoms with Crippen LogP contribution in [-0.2, 0) is 4.79 Å². The van der Waals surface area contributed by atoms with Crippen molar-refractivity contribution in [2.45, 2.75) is 46.0 Å². The van der Waals surface area contributed by atoms with E-state index in [1.165, 1.54) is 25.7 Å². The number of hydrogen-bond donors (Lipinski definition) is 1. The van der Waals surface area contributed by atoms with Crippen LogP contribution in [0.15, 0.2) is 0 Å². The maximum atomic E-state index is 10.6. The summed E-state index contributed by atoms with van der Waals surface area (Å²) in [6.07, 6.45) is 5.84. The van der Waals surface area contributed by atoms with Crippen LogP contribution in [0.3, 0.4) is 0 Å². The molecule has 0 aromatic heterocycles. The first-order chi connectivity index (χ1) is 5.53. The molecule has 1 fully saturated rings. The van der Waals surface area contributed by atoms with Crippen molar-refractivity contribution in [3.8, 4) is 0 Å². The summed E-state index contributed by atoms with van der Waals surface area (Å²) in [5, 5.41) is 8.76. The van der Waals surface area contributed by atoms with E-state index in [4.69, 9.17) is 5.11 Å². The Bertz CT molecular complexity index is 169. The Morgan fingerprint density at radius 2 is 2.00 bits per heavy atom. The molecule has 1 saturated carbocycles. The normalized spacial score (nSPS) is 23.8. The minimum Gasteiger partial charge on any atom is -0.481 e. The zero-order chi connectivity index (χ0) is 9.19. The van der Waals surface area contributed by atoms with Crippen LogP contribution in [0.1, 0.15) is 46.0 Å². The second kappa shape index (κ2) is 3.46. The van der Waals surface area contributed by atoms with E-state index < -0.39 is 5.97 Å². The summed E-state index contributed by atoms with van der Waals surface area (Å²) >= 11 is 0. The first-order valence-corrected chi connectivity index (χ1v) is 4.76. The lowest BCUT2D eigenvalue weighted by Gasteiger charge is -2.25. The second-order valence-electron chi connectivity index (χ2n) is 4.46. The molecular weight excluding hydrogens is 152 g/mol. The van der Waals surface area contributed by atoms with Gasteiger partial charge in [0.05, 0.1) is 5.92 Å². The van der Waals surface area contributed by atoms with Gasteiger partial charge in [0.1, 0.15) is 0 Å². The van der Waals surface area contributed by atoms with E-state index >= 15 is 0 Å². The van der Waals surface area contributed by atoms with Crippen LogP contribution in [0.2, 0.25) is 0 Å². The lowest BCUT2D eigenvalue weighted by molar-refractivity contribution is -0.142. The molecule has 1 aliphatic rings. The predicted molar refractivity (Wildman–Crippen MR) is 48.0 cm³/mol. The average Bonchev–Trinajstić information content (AvgIpc) is 2.35. The largest absolute Gasteiger partial charge is 0.481 e. The number of carboxylic acid groups (broad SMARTS) is 1. The zero-order valence-electron chi connectivity index (χ0n) is 7.97. The molecular formula is C10H18O2. The zero-order valence-corrected chi connectivity index (χ0v) is 7.97. The van der Waals surface area contributed by atoms with Crippen LogP contribution in [-0.4, -0.2) is 11.1 Å². The van der Waals surface area contributed by atoms with Gasteiger partial charge in [-0.2, -0.15) is 0 Å². The second-order valence-corrected chi connectivity index (χ2v) is 4.46. The molecule has 12 heavy (non-hydrogen) atoms. The molecule has 0 heterocycles. The van der Waals surface area contributed by atoms with Crippen molar-refractivity contribution in [3.63, 3.8) is 0 Å². The highest BCUT2D eigenvalue weighted by Gasteiger charge is 2.31. The van der Waals surface area contributed by atoms with Crippen LogP contribution in [0.4, 0.5) is 0 Å². The molecule has 0 spiro atoms. The molecule has 2 nitrogen and oxygen atoms in total. The molecule has 2 heteroatoms. The molecule has 0 amide bonds. The van der Waals surface area contributed by atoms with Crippen LogP contribution in [0.25, 0.3) is 0 Å². The molecule has 0 unspecified atom stereocenters. The maximum absolute atomic E-state index is 10.6. The van der Waals surface area contributed by atoms with Crippen molar-refractivity contribution >= 4 is 5.97 Å². The highest BCUT2D eigenvalue weighted by molar-refractivity contribution is 5.69. The fourth-order valence-electron chi connectivity index (χ4n) is 2.26. The Hall–Kier alpha value is -0.530. The molecule has 0 aromatic rings. The quantitative estimate of drug-likeness (QED) is 0.707. The maximum Gasteiger partial charge on any atom is 0.306 e. The molecule has 70 valence electrons. The Morgan fingerprint density at radius 3 is 2.42 bits per heavy atom. The van der Waals surface area contributed by atoms with Crippen molar-refractivity contribution in [3.05, 3.63) is 0 Å². The van der Waals surface area contributed by atoms with E-state index in [0.29, 0.717) is 5.41 Å². The summed E-state index contributed by atoms with van der Waals surface area (Å²) in [7, 11) is 0. The van der Waals surface area contributed by atoms with Gasteiger partial charge >= 0.3 is 5.97 Å². The smallest absolute Gasteiger partial charge is 0.306 e. The van der Waals surface area contributed by atoms with Gasteiger partial charge in [-0.15, -0.1) is 0 Å². The molecule has 0 radical (unpaired) electrons. The number of aliphatic carboxylic acids is 1. The number of hydrogen-bond acceptors (Lipinski definition) is 1. The number of carboxylic acids is 1. The van der Waals surface area contributed by atoms with Gasteiger partial charge in [0.25, 0.3) is 0 Å². The summed E-state index contributed by atoms with van der Waals surface area (Å²) in [6, 6.07) is 0. The van der Waals surface area contributed by atoms with Crippen molar-refractivity contribution in [2.75, 3.05) is 0 Å². The van der Waals surface area contributed by atoms with Gasteiger partial charge in [-0.3, -0.25) is 4.79 Å². The minimum atomic E-state index is -0.650. The van der Waals surface area contributed by atoms with Gasteiger partial charge in [-0.05, 0) is 24.7 Å². The molecule has 0 bridgehead atoms. The Labute approximate surface area is 74.0 Å². The van der Waals surface area contributed by atoms with Crippen molar-refractivity contribution in [2.24, 2.45) is 11.3 Å². The highest BCUT2D eigenvalue weighted by Crippen LogP contribution is 2.42. The van der Waals surface area contributed by atoms with Crippen LogP contribution in [0, 0.1) is 11.3 Å². The van der Waals surface area contributed by atoms with E-state index in [-0.39, 0.29) is 5.92 Å². The van der Waals surface area contributed by atoms with Crippen molar-refractivity contribution < 1.29 is 9.90 Å². The van der Waals surface area contributed by atoms with E-state index in [1.54, 1.807) is 0 Å². The summed E-state index contributed by atoms with van der Waals surface area (Å²) in [6.45, 7) is 4.03. The van der Waals surface area contributed by atoms with Gasteiger partial charge in [-0.25, -0.2) is 0 Å². The Morgan fingerprint density at radius 1 is 1.50 bits per heavy atom. The standard InChI is InChI=1S/C10H18O2/c1-8(9(11)12)7-10(2)5-3-4-6-10/h8H,3-7H2,1-2H3,(H,11,12)/t8-/m0/s1. The predicted octanol–water partition coefficient (Wildman–Crippen LogP) is 2.68. The highest BCUT2D eigenvalue weighted by atomic mass is 16.4. The lowest BCUT2D eigenvalue weighted by Crippen LogP contribution is -2.20. The number of carbonyl (C=O) groups is 1. The third-order valence-electron chi connectivity index (χ3n) is 3.03. The van der Waals surface area contributed by atoms with E-state index in [2.05, 4.69) is 6.92 Å². The van der Waals surface area contributed by atoms with E-state index in [9.17, 15) is 4.79 Å². The monoisotopic (exact) mass is 170 g/mol. The first kappa shape index (κ1) is 9.56. The molecule has 1 N–H and O–H groups in total. The van der Waals surface area contributed by atoms with Gasteiger partial charge in [0.2, 0.25) is 0 Å². The molecule has 0 aromatic carbocycles. The summed E-state index contributed by atoms with van der Waals surface area (Å²) in [4.78, 5) is 10.6. The SMILES string of the molecule is C[C@@H](CC1(C)CCCC1)C(=O)O. The summed E-state index contributed by atoms with van der Waals surface area (Å²) in [5.74, 6) is -0.823. The van der Waals surface area contributed by atoms with Crippen LogP contribution >= 0.6 is 0 Å².